The van der Waals surface area contributed by atoms with Crippen molar-refractivity contribution in [1.29, 1.82) is 0 Å². The molecule has 0 spiro atoms. The minimum atomic E-state index is 0.00435. The number of hydrogen-bond acceptors (Lipinski definition) is 6. The normalized spacial score (nSPS) is 14.2. The summed E-state index contributed by atoms with van der Waals surface area (Å²) in [6.45, 7) is 4.75. The molecule has 4 rings (SSSR count). The Hall–Kier alpha value is -3.42. The van der Waals surface area contributed by atoms with Crippen LogP contribution in [0.2, 0.25) is 0 Å². The Morgan fingerprint density at radius 3 is 2.64 bits per heavy atom. The van der Waals surface area contributed by atoms with Gasteiger partial charge in [-0.3, -0.25) is 9.36 Å². The van der Waals surface area contributed by atoms with Crippen LogP contribution in [0.25, 0.3) is 5.82 Å². The Kier molecular flexibility index (Phi) is 5.18. The lowest BCUT2D eigenvalue weighted by molar-refractivity contribution is -0.133. The van der Waals surface area contributed by atoms with Crippen molar-refractivity contribution in [2.45, 2.75) is 6.92 Å². The van der Waals surface area contributed by atoms with Crippen LogP contribution in [0.5, 0.6) is 5.75 Å². The number of amides is 1. The molecule has 0 N–H and O–H groups in total. The molecule has 1 aliphatic rings. The predicted octanol–water partition coefficient (Wildman–Crippen LogP) is 1.70. The van der Waals surface area contributed by atoms with Crippen LogP contribution in [-0.2, 0) is 4.79 Å². The van der Waals surface area contributed by atoms with Crippen molar-refractivity contribution in [1.82, 2.24) is 24.4 Å². The van der Waals surface area contributed by atoms with Gasteiger partial charge in [0.25, 0.3) is 5.91 Å². The molecular weight excluding hydrogens is 356 g/mol. The number of rotatable bonds is 5. The number of aryl methyl sites for hydroxylation is 1. The lowest BCUT2D eigenvalue weighted by Crippen LogP contribution is -2.50. The zero-order valence-electron chi connectivity index (χ0n) is 15.7. The molecule has 0 aliphatic carbocycles. The molecule has 8 heteroatoms. The van der Waals surface area contributed by atoms with E-state index in [1.807, 2.05) is 52.9 Å². The van der Waals surface area contributed by atoms with Gasteiger partial charge in [0.2, 0.25) is 0 Å². The van der Waals surface area contributed by atoms with E-state index in [1.165, 1.54) is 0 Å². The molecule has 0 unspecified atom stereocenters. The summed E-state index contributed by atoms with van der Waals surface area (Å²) in [6, 6.07) is 9.65. The van der Waals surface area contributed by atoms with Gasteiger partial charge in [-0.1, -0.05) is 18.2 Å². The number of anilines is 1. The minimum absolute atomic E-state index is 0.00435. The number of piperazine rings is 1. The van der Waals surface area contributed by atoms with Crippen molar-refractivity contribution in [2.24, 2.45) is 0 Å². The second kappa shape index (κ2) is 8.08. The molecule has 1 amide bonds. The van der Waals surface area contributed by atoms with E-state index in [4.69, 9.17) is 4.74 Å². The number of imidazole rings is 1. The van der Waals surface area contributed by atoms with E-state index in [1.54, 1.807) is 18.9 Å². The molecule has 2 aromatic heterocycles. The summed E-state index contributed by atoms with van der Waals surface area (Å²) in [4.78, 5) is 29.2. The van der Waals surface area contributed by atoms with Crippen LogP contribution < -0.4 is 9.64 Å². The van der Waals surface area contributed by atoms with Crippen molar-refractivity contribution in [3.05, 3.63) is 60.9 Å². The van der Waals surface area contributed by atoms with Crippen LogP contribution >= 0.6 is 0 Å². The molecule has 1 aromatic carbocycles. The maximum Gasteiger partial charge on any atom is 0.260 e. The Labute approximate surface area is 163 Å². The first-order valence-electron chi connectivity index (χ1n) is 9.22. The molecule has 3 aromatic rings. The predicted molar refractivity (Wildman–Crippen MR) is 105 cm³/mol. The third kappa shape index (κ3) is 3.95. The van der Waals surface area contributed by atoms with Gasteiger partial charge in [-0.2, -0.15) is 0 Å². The first-order valence-corrected chi connectivity index (χ1v) is 9.22. The number of benzene rings is 1. The Morgan fingerprint density at radius 1 is 1.11 bits per heavy atom. The van der Waals surface area contributed by atoms with Crippen LogP contribution in [0.1, 0.15) is 5.56 Å². The number of ether oxygens (including phenoxy) is 1. The topological polar surface area (TPSA) is 76.4 Å². The average Bonchev–Trinajstić information content (AvgIpc) is 3.28. The van der Waals surface area contributed by atoms with Gasteiger partial charge >= 0.3 is 0 Å². The number of hydrogen-bond donors (Lipinski definition) is 0. The third-order valence-electron chi connectivity index (χ3n) is 4.81. The highest BCUT2D eigenvalue weighted by Gasteiger charge is 2.22. The van der Waals surface area contributed by atoms with Crippen LogP contribution in [0.3, 0.4) is 0 Å². The van der Waals surface area contributed by atoms with Crippen molar-refractivity contribution in [3.63, 3.8) is 0 Å². The lowest BCUT2D eigenvalue weighted by atomic mass is 10.2. The fourth-order valence-corrected chi connectivity index (χ4v) is 3.18. The fourth-order valence-electron chi connectivity index (χ4n) is 3.18. The maximum atomic E-state index is 12.5. The first kappa shape index (κ1) is 18.0. The average molecular weight is 378 g/mol. The van der Waals surface area contributed by atoms with Gasteiger partial charge in [0.15, 0.2) is 6.61 Å². The molecule has 0 saturated carbocycles. The van der Waals surface area contributed by atoms with E-state index in [-0.39, 0.29) is 12.5 Å². The van der Waals surface area contributed by atoms with Crippen molar-refractivity contribution >= 4 is 11.7 Å². The van der Waals surface area contributed by atoms with Gasteiger partial charge in [-0.15, -0.1) is 0 Å². The summed E-state index contributed by atoms with van der Waals surface area (Å²) < 4.78 is 7.53. The van der Waals surface area contributed by atoms with E-state index in [9.17, 15) is 4.79 Å². The largest absolute Gasteiger partial charge is 0.484 e. The molecule has 3 heterocycles. The van der Waals surface area contributed by atoms with E-state index in [0.717, 1.165) is 36.0 Å². The number of nitrogens with zero attached hydrogens (tertiary/aromatic N) is 6. The number of carbonyl (C=O) groups excluding carboxylic acids is 1. The molecule has 144 valence electrons. The van der Waals surface area contributed by atoms with Gasteiger partial charge in [0.1, 0.15) is 30.0 Å². The summed E-state index contributed by atoms with van der Waals surface area (Å²) in [5.74, 6) is 2.38. The van der Waals surface area contributed by atoms with Crippen molar-refractivity contribution < 1.29 is 9.53 Å². The number of aromatic nitrogens is 4. The highest BCUT2D eigenvalue weighted by Crippen LogP contribution is 2.18. The van der Waals surface area contributed by atoms with Gasteiger partial charge in [-0.25, -0.2) is 15.0 Å². The number of para-hydroxylation sites is 1. The van der Waals surface area contributed by atoms with E-state index < -0.39 is 0 Å². The monoisotopic (exact) mass is 378 g/mol. The summed E-state index contributed by atoms with van der Waals surface area (Å²) in [6.07, 6.45) is 6.82. The quantitative estimate of drug-likeness (QED) is 0.673. The van der Waals surface area contributed by atoms with Crippen molar-refractivity contribution in [2.75, 3.05) is 37.7 Å². The smallest absolute Gasteiger partial charge is 0.260 e. The minimum Gasteiger partial charge on any atom is -0.484 e. The van der Waals surface area contributed by atoms with Gasteiger partial charge in [0.05, 0.1) is 0 Å². The molecule has 0 atom stereocenters. The molecule has 0 bridgehead atoms. The zero-order chi connectivity index (χ0) is 19.3. The first-order chi connectivity index (χ1) is 13.7. The second-order valence-corrected chi connectivity index (χ2v) is 6.63. The molecule has 28 heavy (non-hydrogen) atoms. The molecule has 0 radical (unpaired) electrons. The van der Waals surface area contributed by atoms with Crippen LogP contribution in [0.4, 0.5) is 5.82 Å². The molecule has 1 fully saturated rings. The lowest BCUT2D eigenvalue weighted by Gasteiger charge is -2.35. The Balaban J connectivity index is 1.33. The molecule has 1 saturated heterocycles. The van der Waals surface area contributed by atoms with Gasteiger partial charge in [0, 0.05) is 44.6 Å². The van der Waals surface area contributed by atoms with Crippen LogP contribution in [0.15, 0.2) is 55.4 Å². The Bertz CT molecular complexity index is 935. The van der Waals surface area contributed by atoms with Crippen LogP contribution in [-0.4, -0.2) is 63.1 Å². The summed E-state index contributed by atoms with van der Waals surface area (Å²) in [5, 5.41) is 0. The zero-order valence-corrected chi connectivity index (χ0v) is 15.7. The maximum absolute atomic E-state index is 12.5. The van der Waals surface area contributed by atoms with Gasteiger partial charge < -0.3 is 14.5 Å². The standard InChI is InChI=1S/C20H22N6O2/c1-16-4-2-3-5-17(16)28-13-20(27)25-10-8-24(9-11-25)18-12-19(23-14-22-18)26-7-6-21-15-26/h2-7,12,14-15H,8-11,13H2,1H3. The summed E-state index contributed by atoms with van der Waals surface area (Å²) in [7, 11) is 0. The highest BCUT2D eigenvalue weighted by atomic mass is 16.5. The van der Waals surface area contributed by atoms with Crippen molar-refractivity contribution in [3.8, 4) is 11.6 Å². The number of carbonyl (C=O) groups is 1. The van der Waals surface area contributed by atoms with E-state index in [0.29, 0.717) is 13.1 Å². The van der Waals surface area contributed by atoms with E-state index in [2.05, 4.69) is 19.9 Å². The van der Waals surface area contributed by atoms with E-state index >= 15 is 0 Å². The SMILES string of the molecule is Cc1ccccc1OCC(=O)N1CCN(c2cc(-n3ccnc3)ncn2)CC1. The fraction of sp³-hybridized carbons (Fsp3) is 0.300. The molecule has 1 aliphatic heterocycles. The molecule has 8 nitrogen and oxygen atoms in total. The second-order valence-electron chi connectivity index (χ2n) is 6.63. The Morgan fingerprint density at radius 2 is 1.89 bits per heavy atom. The summed E-state index contributed by atoms with van der Waals surface area (Å²) >= 11 is 0. The van der Waals surface area contributed by atoms with Crippen LogP contribution in [0, 0.1) is 6.92 Å². The molecular formula is C20H22N6O2. The third-order valence-corrected chi connectivity index (χ3v) is 4.81. The van der Waals surface area contributed by atoms with Gasteiger partial charge in [-0.05, 0) is 18.6 Å². The highest BCUT2D eigenvalue weighted by molar-refractivity contribution is 5.78. The summed E-state index contributed by atoms with van der Waals surface area (Å²) in [5.41, 5.74) is 1.03.